The van der Waals surface area contributed by atoms with E-state index >= 15 is 0 Å². The second-order valence-corrected chi connectivity index (χ2v) is 3.44. The highest BCUT2D eigenvalue weighted by Crippen LogP contribution is 2.06. The van der Waals surface area contributed by atoms with Crippen molar-refractivity contribution in [2.75, 3.05) is 6.54 Å². The van der Waals surface area contributed by atoms with Gasteiger partial charge in [-0.15, -0.1) is 0 Å². The average molecular weight is 190 g/mol. The zero-order valence-electron chi connectivity index (χ0n) is 8.27. The van der Waals surface area contributed by atoms with Crippen LogP contribution in [0.2, 0.25) is 0 Å². The van der Waals surface area contributed by atoms with Crippen molar-refractivity contribution in [3.05, 3.63) is 29.7 Å². The van der Waals surface area contributed by atoms with E-state index in [1.165, 1.54) is 5.56 Å². The molecule has 0 aromatic carbocycles. The van der Waals surface area contributed by atoms with Gasteiger partial charge < -0.3 is 5.73 Å². The van der Waals surface area contributed by atoms with Crippen molar-refractivity contribution in [3.8, 4) is 0 Å². The quantitative estimate of drug-likeness (QED) is 0.783. The highest BCUT2D eigenvalue weighted by molar-refractivity contribution is 5.38. The summed E-state index contributed by atoms with van der Waals surface area (Å²) in [7, 11) is 0. The van der Waals surface area contributed by atoms with Crippen molar-refractivity contribution in [2.24, 2.45) is 5.73 Å². The molecule has 0 atom stereocenters. The topological polar surface area (TPSA) is 56.2 Å². The van der Waals surface area contributed by atoms with Gasteiger partial charge in [-0.25, -0.2) is 9.50 Å². The molecule has 14 heavy (non-hydrogen) atoms. The predicted molar refractivity (Wildman–Crippen MR) is 55.1 cm³/mol. The van der Waals surface area contributed by atoms with Gasteiger partial charge in [0, 0.05) is 18.5 Å². The minimum atomic E-state index is 0.718. The summed E-state index contributed by atoms with van der Waals surface area (Å²) >= 11 is 0. The standard InChI is InChI=1S/C10H14N4/c1-8-5-10-12-6-9(3-2-4-11)7-14(10)13-8/h5-7H,2-4,11H2,1H3. The minimum Gasteiger partial charge on any atom is -0.330 e. The van der Waals surface area contributed by atoms with Gasteiger partial charge in [0.15, 0.2) is 5.65 Å². The Bertz CT molecular complexity index is 433. The van der Waals surface area contributed by atoms with Gasteiger partial charge in [-0.05, 0) is 31.9 Å². The van der Waals surface area contributed by atoms with Crippen molar-refractivity contribution in [3.63, 3.8) is 0 Å². The molecule has 2 aromatic heterocycles. The average Bonchev–Trinajstić information content (AvgIpc) is 2.54. The Morgan fingerprint density at radius 1 is 1.50 bits per heavy atom. The van der Waals surface area contributed by atoms with Crippen molar-refractivity contribution in [2.45, 2.75) is 19.8 Å². The first-order chi connectivity index (χ1) is 6.79. The van der Waals surface area contributed by atoms with E-state index in [9.17, 15) is 0 Å². The van der Waals surface area contributed by atoms with E-state index in [0.29, 0.717) is 0 Å². The van der Waals surface area contributed by atoms with Gasteiger partial charge in [0.2, 0.25) is 0 Å². The second kappa shape index (κ2) is 3.75. The number of fused-ring (bicyclic) bond motifs is 1. The molecule has 0 aliphatic carbocycles. The lowest BCUT2D eigenvalue weighted by atomic mass is 10.2. The molecule has 0 radical (unpaired) electrons. The number of rotatable bonds is 3. The summed E-state index contributed by atoms with van der Waals surface area (Å²) < 4.78 is 1.82. The molecule has 0 unspecified atom stereocenters. The lowest BCUT2D eigenvalue weighted by Gasteiger charge is -1.99. The van der Waals surface area contributed by atoms with E-state index in [-0.39, 0.29) is 0 Å². The molecule has 0 aliphatic heterocycles. The van der Waals surface area contributed by atoms with Crippen LogP contribution in [-0.4, -0.2) is 21.1 Å². The molecule has 0 saturated heterocycles. The third kappa shape index (κ3) is 1.75. The van der Waals surface area contributed by atoms with Crippen molar-refractivity contribution in [1.29, 1.82) is 0 Å². The first kappa shape index (κ1) is 9.15. The number of aryl methyl sites for hydroxylation is 2. The van der Waals surface area contributed by atoms with Crippen LogP contribution < -0.4 is 5.73 Å². The van der Waals surface area contributed by atoms with Crippen LogP contribution in [0, 0.1) is 6.92 Å². The maximum Gasteiger partial charge on any atom is 0.155 e. The monoisotopic (exact) mass is 190 g/mol. The molecule has 0 fully saturated rings. The van der Waals surface area contributed by atoms with E-state index in [0.717, 1.165) is 30.7 Å². The molecule has 2 heterocycles. The van der Waals surface area contributed by atoms with Gasteiger partial charge in [0.05, 0.1) is 5.69 Å². The van der Waals surface area contributed by atoms with Gasteiger partial charge in [-0.3, -0.25) is 0 Å². The van der Waals surface area contributed by atoms with E-state index in [1.807, 2.05) is 29.9 Å². The fourth-order valence-corrected chi connectivity index (χ4v) is 1.47. The van der Waals surface area contributed by atoms with E-state index in [1.54, 1.807) is 0 Å². The van der Waals surface area contributed by atoms with Gasteiger partial charge in [-0.1, -0.05) is 0 Å². The molecule has 4 nitrogen and oxygen atoms in total. The summed E-state index contributed by atoms with van der Waals surface area (Å²) in [5.41, 5.74) is 8.53. The van der Waals surface area contributed by atoms with Crippen LogP contribution in [0.4, 0.5) is 0 Å². The normalized spacial score (nSPS) is 11.0. The molecule has 2 aromatic rings. The molecule has 0 bridgehead atoms. The summed E-state index contributed by atoms with van der Waals surface area (Å²) in [6, 6.07) is 1.96. The maximum atomic E-state index is 5.45. The number of nitrogens with two attached hydrogens (primary N) is 1. The second-order valence-electron chi connectivity index (χ2n) is 3.44. The molecule has 2 N–H and O–H groups in total. The van der Waals surface area contributed by atoms with Crippen LogP contribution in [0.1, 0.15) is 17.7 Å². The van der Waals surface area contributed by atoms with Crippen LogP contribution in [0.3, 0.4) is 0 Å². The highest BCUT2D eigenvalue weighted by atomic mass is 15.2. The Hall–Kier alpha value is -1.42. The van der Waals surface area contributed by atoms with Crippen LogP contribution in [-0.2, 0) is 6.42 Å². The lowest BCUT2D eigenvalue weighted by Crippen LogP contribution is -2.01. The predicted octanol–water partition coefficient (Wildman–Crippen LogP) is 0.929. The van der Waals surface area contributed by atoms with Crippen molar-refractivity contribution < 1.29 is 0 Å². The molecule has 0 spiro atoms. The largest absolute Gasteiger partial charge is 0.330 e. The van der Waals surface area contributed by atoms with Gasteiger partial charge in [-0.2, -0.15) is 5.10 Å². The van der Waals surface area contributed by atoms with Crippen LogP contribution in [0.15, 0.2) is 18.5 Å². The molecule has 74 valence electrons. The molecule has 0 saturated carbocycles. The zero-order valence-corrected chi connectivity index (χ0v) is 8.27. The molecule has 0 amide bonds. The third-order valence-corrected chi connectivity index (χ3v) is 2.16. The van der Waals surface area contributed by atoms with Crippen LogP contribution in [0.5, 0.6) is 0 Å². The Kier molecular flexibility index (Phi) is 2.45. The molecular weight excluding hydrogens is 176 g/mol. The number of hydrogen-bond donors (Lipinski definition) is 1. The van der Waals surface area contributed by atoms with Crippen molar-refractivity contribution in [1.82, 2.24) is 14.6 Å². The first-order valence-electron chi connectivity index (χ1n) is 4.80. The van der Waals surface area contributed by atoms with E-state index in [4.69, 9.17) is 5.73 Å². The zero-order chi connectivity index (χ0) is 9.97. The molecule has 2 rings (SSSR count). The smallest absolute Gasteiger partial charge is 0.155 e. The Labute approximate surface area is 82.8 Å². The van der Waals surface area contributed by atoms with Crippen LogP contribution >= 0.6 is 0 Å². The molecule has 0 aliphatic rings. The molecular formula is C10H14N4. The molecule has 4 heteroatoms. The Morgan fingerprint density at radius 2 is 2.36 bits per heavy atom. The number of aromatic nitrogens is 3. The summed E-state index contributed by atoms with van der Waals surface area (Å²) in [6.45, 7) is 2.68. The van der Waals surface area contributed by atoms with Gasteiger partial charge in [0.1, 0.15) is 0 Å². The minimum absolute atomic E-state index is 0.718. The fraction of sp³-hybridized carbons (Fsp3) is 0.400. The Morgan fingerprint density at radius 3 is 3.14 bits per heavy atom. The van der Waals surface area contributed by atoms with Crippen LogP contribution in [0.25, 0.3) is 5.65 Å². The van der Waals surface area contributed by atoms with Gasteiger partial charge >= 0.3 is 0 Å². The fourth-order valence-electron chi connectivity index (χ4n) is 1.47. The summed E-state index contributed by atoms with van der Waals surface area (Å²) in [5, 5.41) is 4.30. The third-order valence-electron chi connectivity index (χ3n) is 2.16. The van der Waals surface area contributed by atoms with Gasteiger partial charge in [0.25, 0.3) is 0 Å². The summed E-state index contributed by atoms with van der Waals surface area (Å²) in [4.78, 5) is 4.31. The van der Waals surface area contributed by atoms with Crippen molar-refractivity contribution >= 4 is 5.65 Å². The SMILES string of the molecule is Cc1cc2ncc(CCCN)cn2n1. The number of hydrogen-bond acceptors (Lipinski definition) is 3. The highest BCUT2D eigenvalue weighted by Gasteiger charge is 1.99. The number of nitrogens with zero attached hydrogens (tertiary/aromatic N) is 3. The lowest BCUT2D eigenvalue weighted by molar-refractivity contribution is 0.809. The first-order valence-corrected chi connectivity index (χ1v) is 4.80. The summed E-state index contributed by atoms with van der Waals surface area (Å²) in [5.74, 6) is 0. The van der Waals surface area contributed by atoms with E-state index in [2.05, 4.69) is 10.1 Å². The van der Waals surface area contributed by atoms with E-state index < -0.39 is 0 Å². The maximum absolute atomic E-state index is 5.45. The Balaban J connectivity index is 2.31. The summed E-state index contributed by atoms with van der Waals surface area (Å²) in [6.07, 6.45) is 5.88.